The van der Waals surface area contributed by atoms with E-state index in [0.29, 0.717) is 12.6 Å². The Morgan fingerprint density at radius 3 is 2.60 bits per heavy atom. The van der Waals surface area contributed by atoms with Crippen LogP contribution in [0.3, 0.4) is 0 Å². The molecule has 1 aromatic heterocycles. The molecule has 1 N–H and O–H groups in total. The molecule has 2 aromatic rings. The van der Waals surface area contributed by atoms with Gasteiger partial charge in [0.1, 0.15) is 12.4 Å². The second kappa shape index (κ2) is 7.10. The maximum absolute atomic E-state index is 5.72. The average molecular weight is 273 g/mol. The van der Waals surface area contributed by atoms with E-state index in [0.717, 1.165) is 24.4 Å². The molecule has 1 aromatic carbocycles. The molecule has 0 saturated heterocycles. The normalized spacial score (nSPS) is 12.3. The van der Waals surface area contributed by atoms with Gasteiger partial charge >= 0.3 is 0 Å². The monoisotopic (exact) mass is 273 g/mol. The Balaban J connectivity index is 1.85. The van der Waals surface area contributed by atoms with E-state index in [2.05, 4.69) is 36.4 Å². The van der Waals surface area contributed by atoms with Crippen LogP contribution in [-0.2, 0) is 20.1 Å². The molecular weight excluding hydrogens is 250 g/mol. The SMILES string of the molecule is CCNC(C)Cc1ccc(OCc2ccn(C)n2)cc1. The lowest BCUT2D eigenvalue weighted by Crippen LogP contribution is -2.27. The van der Waals surface area contributed by atoms with Crippen molar-refractivity contribution in [2.45, 2.75) is 32.9 Å². The molecule has 0 bridgehead atoms. The molecule has 0 aliphatic heterocycles. The molecule has 1 heterocycles. The van der Waals surface area contributed by atoms with E-state index in [4.69, 9.17) is 4.74 Å². The predicted octanol–water partition coefficient (Wildman–Crippen LogP) is 2.54. The number of aromatic nitrogens is 2. The lowest BCUT2D eigenvalue weighted by Gasteiger charge is -2.12. The van der Waals surface area contributed by atoms with Gasteiger partial charge in [-0.25, -0.2) is 0 Å². The van der Waals surface area contributed by atoms with Crippen LogP contribution in [0.1, 0.15) is 25.1 Å². The first-order chi connectivity index (χ1) is 9.67. The van der Waals surface area contributed by atoms with E-state index in [-0.39, 0.29) is 0 Å². The van der Waals surface area contributed by atoms with Crippen LogP contribution in [0.4, 0.5) is 0 Å². The number of likely N-dealkylation sites (N-methyl/N-ethyl adjacent to an activating group) is 1. The second-order valence-electron chi connectivity index (χ2n) is 5.08. The van der Waals surface area contributed by atoms with Crippen LogP contribution in [0.2, 0.25) is 0 Å². The minimum atomic E-state index is 0.500. The highest BCUT2D eigenvalue weighted by molar-refractivity contribution is 5.27. The van der Waals surface area contributed by atoms with E-state index in [1.807, 2.05) is 31.4 Å². The standard InChI is InChI=1S/C16H23N3O/c1-4-17-13(2)11-14-5-7-16(8-6-14)20-12-15-9-10-19(3)18-15/h5-10,13,17H,4,11-12H2,1-3H3. The molecule has 4 heteroatoms. The number of nitrogens with zero attached hydrogens (tertiary/aromatic N) is 2. The zero-order valence-corrected chi connectivity index (χ0v) is 12.5. The van der Waals surface area contributed by atoms with Crippen LogP contribution in [-0.4, -0.2) is 22.4 Å². The average Bonchev–Trinajstić information content (AvgIpc) is 2.84. The van der Waals surface area contributed by atoms with Gasteiger partial charge in [0.2, 0.25) is 0 Å². The lowest BCUT2D eigenvalue weighted by molar-refractivity contribution is 0.300. The van der Waals surface area contributed by atoms with Crippen molar-refractivity contribution in [1.82, 2.24) is 15.1 Å². The maximum atomic E-state index is 5.72. The van der Waals surface area contributed by atoms with Gasteiger partial charge in [-0.1, -0.05) is 19.1 Å². The van der Waals surface area contributed by atoms with Gasteiger partial charge in [0.15, 0.2) is 0 Å². The van der Waals surface area contributed by atoms with Crippen molar-refractivity contribution >= 4 is 0 Å². The van der Waals surface area contributed by atoms with E-state index < -0.39 is 0 Å². The largest absolute Gasteiger partial charge is 0.487 e. The van der Waals surface area contributed by atoms with E-state index in [9.17, 15) is 0 Å². The first-order valence-corrected chi connectivity index (χ1v) is 7.11. The summed E-state index contributed by atoms with van der Waals surface area (Å²) in [6, 6.07) is 10.8. The third-order valence-electron chi connectivity index (χ3n) is 3.17. The van der Waals surface area contributed by atoms with Crippen molar-refractivity contribution in [3.8, 4) is 5.75 Å². The number of hydrogen-bond donors (Lipinski definition) is 1. The third kappa shape index (κ3) is 4.38. The quantitative estimate of drug-likeness (QED) is 0.842. The Labute approximate surface area is 120 Å². The second-order valence-corrected chi connectivity index (χ2v) is 5.08. The van der Waals surface area contributed by atoms with Crippen molar-refractivity contribution in [3.63, 3.8) is 0 Å². The Hall–Kier alpha value is -1.81. The summed E-state index contributed by atoms with van der Waals surface area (Å²) in [5.74, 6) is 0.885. The van der Waals surface area contributed by atoms with Gasteiger partial charge in [-0.15, -0.1) is 0 Å². The molecule has 0 aliphatic carbocycles. The van der Waals surface area contributed by atoms with Crippen LogP contribution in [0.5, 0.6) is 5.75 Å². The Kier molecular flexibility index (Phi) is 5.18. The Morgan fingerprint density at radius 2 is 2.00 bits per heavy atom. The molecule has 0 amide bonds. The van der Waals surface area contributed by atoms with Crippen LogP contribution < -0.4 is 10.1 Å². The van der Waals surface area contributed by atoms with Crippen LogP contribution >= 0.6 is 0 Å². The number of ether oxygens (including phenoxy) is 1. The minimum Gasteiger partial charge on any atom is -0.487 e. The topological polar surface area (TPSA) is 39.1 Å². The molecule has 4 nitrogen and oxygen atoms in total. The van der Waals surface area contributed by atoms with Gasteiger partial charge in [0.25, 0.3) is 0 Å². The summed E-state index contributed by atoms with van der Waals surface area (Å²) >= 11 is 0. The van der Waals surface area contributed by atoms with Crippen LogP contribution in [0, 0.1) is 0 Å². The molecule has 0 fully saturated rings. The van der Waals surface area contributed by atoms with Crippen molar-refractivity contribution < 1.29 is 4.74 Å². The van der Waals surface area contributed by atoms with E-state index in [1.165, 1.54) is 5.56 Å². The Morgan fingerprint density at radius 1 is 1.25 bits per heavy atom. The third-order valence-corrected chi connectivity index (χ3v) is 3.17. The number of rotatable bonds is 7. The first-order valence-electron chi connectivity index (χ1n) is 7.11. The first kappa shape index (κ1) is 14.6. The molecule has 0 saturated carbocycles. The van der Waals surface area contributed by atoms with Gasteiger partial charge in [-0.05, 0) is 43.7 Å². The maximum Gasteiger partial charge on any atom is 0.132 e. The van der Waals surface area contributed by atoms with Crippen molar-refractivity contribution in [1.29, 1.82) is 0 Å². The molecule has 0 aliphatic rings. The number of nitrogens with one attached hydrogen (secondary N) is 1. The zero-order valence-electron chi connectivity index (χ0n) is 12.5. The summed E-state index contributed by atoms with van der Waals surface area (Å²) in [7, 11) is 1.91. The molecule has 2 rings (SSSR count). The summed E-state index contributed by atoms with van der Waals surface area (Å²) in [6.07, 6.45) is 2.96. The summed E-state index contributed by atoms with van der Waals surface area (Å²) < 4.78 is 7.50. The van der Waals surface area contributed by atoms with Gasteiger partial charge in [-0.2, -0.15) is 5.10 Å². The highest BCUT2D eigenvalue weighted by Crippen LogP contribution is 2.14. The number of benzene rings is 1. The van der Waals surface area contributed by atoms with Crippen molar-refractivity contribution in [3.05, 3.63) is 47.8 Å². The molecule has 0 spiro atoms. The fourth-order valence-electron chi connectivity index (χ4n) is 2.19. The molecule has 108 valence electrons. The van der Waals surface area contributed by atoms with Gasteiger partial charge in [0, 0.05) is 19.3 Å². The fourth-order valence-corrected chi connectivity index (χ4v) is 2.19. The number of aryl methyl sites for hydroxylation is 1. The van der Waals surface area contributed by atoms with Gasteiger partial charge in [0.05, 0.1) is 5.69 Å². The smallest absolute Gasteiger partial charge is 0.132 e. The van der Waals surface area contributed by atoms with Gasteiger partial charge < -0.3 is 10.1 Å². The summed E-state index contributed by atoms with van der Waals surface area (Å²) in [6.45, 7) is 5.85. The highest BCUT2D eigenvalue weighted by atomic mass is 16.5. The fraction of sp³-hybridized carbons (Fsp3) is 0.438. The summed E-state index contributed by atoms with van der Waals surface area (Å²) in [5, 5.41) is 7.70. The minimum absolute atomic E-state index is 0.500. The Bertz CT molecular complexity index is 519. The van der Waals surface area contributed by atoms with Gasteiger partial charge in [-0.3, -0.25) is 4.68 Å². The molecule has 1 atom stereocenters. The summed E-state index contributed by atoms with van der Waals surface area (Å²) in [4.78, 5) is 0. The lowest BCUT2D eigenvalue weighted by atomic mass is 10.1. The molecule has 20 heavy (non-hydrogen) atoms. The van der Waals surface area contributed by atoms with Crippen molar-refractivity contribution in [2.75, 3.05) is 6.54 Å². The van der Waals surface area contributed by atoms with Crippen molar-refractivity contribution in [2.24, 2.45) is 7.05 Å². The summed E-state index contributed by atoms with van der Waals surface area (Å²) in [5.41, 5.74) is 2.26. The van der Waals surface area contributed by atoms with E-state index in [1.54, 1.807) is 4.68 Å². The molecule has 0 radical (unpaired) electrons. The molecule has 1 unspecified atom stereocenters. The van der Waals surface area contributed by atoms with Crippen LogP contribution in [0.25, 0.3) is 0 Å². The predicted molar refractivity (Wildman–Crippen MR) is 80.8 cm³/mol. The highest BCUT2D eigenvalue weighted by Gasteiger charge is 2.03. The van der Waals surface area contributed by atoms with Crippen LogP contribution in [0.15, 0.2) is 36.5 Å². The molecular formula is C16H23N3O. The number of hydrogen-bond acceptors (Lipinski definition) is 3. The van der Waals surface area contributed by atoms with E-state index >= 15 is 0 Å². The zero-order chi connectivity index (χ0) is 14.4.